The number of hydrogen-bond acceptors (Lipinski definition) is 3. The maximum Gasteiger partial charge on any atom is 0.220 e. The molecule has 0 radical (unpaired) electrons. The molecular weight excluding hydrogens is 182 g/mol. The van der Waals surface area contributed by atoms with Crippen molar-refractivity contribution in [1.82, 2.24) is 5.32 Å². The lowest BCUT2D eigenvalue weighted by molar-refractivity contribution is -0.123. The molecule has 2 atom stereocenters. The molecule has 0 aliphatic heterocycles. The standard InChI is InChI=1S/C10H21NO3/c1-4-9(6-12)11-10(13)5-8(2)7-14-3/h8-9,12H,4-7H2,1-3H3,(H,11,13). The second kappa shape index (κ2) is 7.76. The molecule has 0 spiro atoms. The van der Waals surface area contributed by atoms with E-state index in [9.17, 15) is 4.79 Å². The van der Waals surface area contributed by atoms with Gasteiger partial charge in [0.25, 0.3) is 0 Å². The summed E-state index contributed by atoms with van der Waals surface area (Å²) in [5.74, 6) is 0.201. The number of aliphatic hydroxyl groups is 1. The molecule has 0 rings (SSSR count). The fourth-order valence-electron chi connectivity index (χ4n) is 1.22. The third-order valence-electron chi connectivity index (χ3n) is 2.06. The van der Waals surface area contributed by atoms with Crippen LogP contribution in [0.25, 0.3) is 0 Å². The highest BCUT2D eigenvalue weighted by atomic mass is 16.5. The van der Waals surface area contributed by atoms with Crippen LogP contribution in [-0.2, 0) is 9.53 Å². The summed E-state index contributed by atoms with van der Waals surface area (Å²) in [7, 11) is 1.62. The number of amides is 1. The Labute approximate surface area is 85.6 Å². The summed E-state index contributed by atoms with van der Waals surface area (Å²) in [6, 6.07) is -0.114. The monoisotopic (exact) mass is 203 g/mol. The SMILES string of the molecule is CCC(CO)NC(=O)CC(C)COC. The summed E-state index contributed by atoms with van der Waals surface area (Å²) < 4.78 is 4.93. The van der Waals surface area contributed by atoms with Gasteiger partial charge in [0.1, 0.15) is 0 Å². The molecule has 0 saturated carbocycles. The third kappa shape index (κ3) is 5.94. The van der Waals surface area contributed by atoms with Crippen LogP contribution in [0.3, 0.4) is 0 Å². The van der Waals surface area contributed by atoms with E-state index in [2.05, 4.69) is 5.32 Å². The first-order valence-electron chi connectivity index (χ1n) is 5.03. The molecule has 84 valence electrons. The topological polar surface area (TPSA) is 58.6 Å². The highest BCUT2D eigenvalue weighted by molar-refractivity contribution is 5.76. The summed E-state index contributed by atoms with van der Waals surface area (Å²) in [5, 5.41) is 11.6. The van der Waals surface area contributed by atoms with Gasteiger partial charge in [-0.25, -0.2) is 0 Å². The Hall–Kier alpha value is -0.610. The molecule has 0 aliphatic rings. The van der Waals surface area contributed by atoms with Crippen LogP contribution in [0.2, 0.25) is 0 Å². The molecule has 0 fully saturated rings. The largest absolute Gasteiger partial charge is 0.394 e. The summed E-state index contributed by atoms with van der Waals surface area (Å²) in [4.78, 5) is 11.4. The third-order valence-corrected chi connectivity index (χ3v) is 2.06. The number of hydrogen-bond donors (Lipinski definition) is 2. The minimum atomic E-state index is -0.114. The maximum absolute atomic E-state index is 11.4. The molecule has 0 aromatic heterocycles. The average Bonchev–Trinajstić information content (AvgIpc) is 2.14. The Morgan fingerprint density at radius 2 is 2.21 bits per heavy atom. The molecule has 2 unspecified atom stereocenters. The van der Waals surface area contributed by atoms with Crippen molar-refractivity contribution in [3.63, 3.8) is 0 Å². The summed E-state index contributed by atoms with van der Waals surface area (Å²) in [6.45, 7) is 4.48. The second-order valence-corrected chi connectivity index (χ2v) is 3.62. The van der Waals surface area contributed by atoms with Gasteiger partial charge in [0, 0.05) is 20.1 Å². The van der Waals surface area contributed by atoms with Gasteiger partial charge in [-0.2, -0.15) is 0 Å². The Morgan fingerprint density at radius 1 is 1.57 bits per heavy atom. The van der Waals surface area contributed by atoms with E-state index in [0.717, 1.165) is 6.42 Å². The fraction of sp³-hybridized carbons (Fsp3) is 0.900. The van der Waals surface area contributed by atoms with Crippen LogP contribution < -0.4 is 5.32 Å². The maximum atomic E-state index is 11.4. The van der Waals surface area contributed by atoms with Crippen molar-refractivity contribution in [2.75, 3.05) is 20.3 Å². The predicted molar refractivity (Wildman–Crippen MR) is 55.0 cm³/mol. The van der Waals surface area contributed by atoms with Crippen LogP contribution in [0.5, 0.6) is 0 Å². The second-order valence-electron chi connectivity index (χ2n) is 3.62. The lowest BCUT2D eigenvalue weighted by Crippen LogP contribution is -2.37. The summed E-state index contributed by atoms with van der Waals surface area (Å²) >= 11 is 0. The molecule has 14 heavy (non-hydrogen) atoms. The highest BCUT2D eigenvalue weighted by Crippen LogP contribution is 2.02. The number of aliphatic hydroxyl groups excluding tert-OH is 1. The lowest BCUT2D eigenvalue weighted by atomic mass is 10.1. The van der Waals surface area contributed by atoms with Crippen molar-refractivity contribution in [3.05, 3.63) is 0 Å². The van der Waals surface area contributed by atoms with Crippen molar-refractivity contribution in [3.8, 4) is 0 Å². The van der Waals surface area contributed by atoms with Crippen LogP contribution in [0.15, 0.2) is 0 Å². The van der Waals surface area contributed by atoms with E-state index in [1.165, 1.54) is 0 Å². The molecule has 0 aromatic carbocycles. The zero-order chi connectivity index (χ0) is 11.0. The molecule has 0 heterocycles. The van der Waals surface area contributed by atoms with Gasteiger partial charge in [-0.15, -0.1) is 0 Å². The molecule has 0 aromatic rings. The Morgan fingerprint density at radius 3 is 2.64 bits per heavy atom. The van der Waals surface area contributed by atoms with E-state index >= 15 is 0 Å². The van der Waals surface area contributed by atoms with Crippen LogP contribution in [-0.4, -0.2) is 37.4 Å². The van der Waals surface area contributed by atoms with Gasteiger partial charge in [0.05, 0.1) is 12.6 Å². The van der Waals surface area contributed by atoms with E-state index in [-0.39, 0.29) is 24.5 Å². The number of nitrogens with one attached hydrogen (secondary N) is 1. The summed E-state index contributed by atoms with van der Waals surface area (Å²) in [5.41, 5.74) is 0. The zero-order valence-electron chi connectivity index (χ0n) is 9.25. The van der Waals surface area contributed by atoms with Gasteiger partial charge in [0.2, 0.25) is 5.91 Å². The van der Waals surface area contributed by atoms with E-state index in [4.69, 9.17) is 9.84 Å². The molecule has 4 nitrogen and oxygen atoms in total. The number of methoxy groups -OCH3 is 1. The molecule has 0 saturated heterocycles. The molecule has 4 heteroatoms. The quantitative estimate of drug-likeness (QED) is 0.635. The van der Waals surface area contributed by atoms with Gasteiger partial charge in [-0.3, -0.25) is 4.79 Å². The van der Waals surface area contributed by atoms with E-state index in [1.54, 1.807) is 7.11 Å². The molecule has 0 aliphatic carbocycles. The number of carbonyl (C=O) groups is 1. The van der Waals surface area contributed by atoms with Gasteiger partial charge in [-0.05, 0) is 12.3 Å². The smallest absolute Gasteiger partial charge is 0.220 e. The molecule has 0 bridgehead atoms. The van der Waals surface area contributed by atoms with Crippen molar-refractivity contribution < 1.29 is 14.6 Å². The fourth-order valence-corrected chi connectivity index (χ4v) is 1.22. The van der Waals surface area contributed by atoms with Crippen LogP contribution in [0.1, 0.15) is 26.7 Å². The Bertz CT molecular complexity index is 157. The Kier molecular flexibility index (Phi) is 7.42. The van der Waals surface area contributed by atoms with Crippen LogP contribution in [0.4, 0.5) is 0 Å². The van der Waals surface area contributed by atoms with Gasteiger partial charge < -0.3 is 15.2 Å². The van der Waals surface area contributed by atoms with E-state index in [1.807, 2.05) is 13.8 Å². The molecular formula is C10H21NO3. The normalized spacial score (nSPS) is 14.9. The van der Waals surface area contributed by atoms with Crippen LogP contribution in [0, 0.1) is 5.92 Å². The molecule has 1 amide bonds. The zero-order valence-corrected chi connectivity index (χ0v) is 9.25. The van der Waals surface area contributed by atoms with Gasteiger partial charge >= 0.3 is 0 Å². The van der Waals surface area contributed by atoms with Crippen molar-refractivity contribution >= 4 is 5.91 Å². The minimum Gasteiger partial charge on any atom is -0.394 e. The van der Waals surface area contributed by atoms with Crippen molar-refractivity contribution in [2.45, 2.75) is 32.7 Å². The first-order chi connectivity index (χ1) is 6.63. The highest BCUT2D eigenvalue weighted by Gasteiger charge is 2.12. The van der Waals surface area contributed by atoms with Gasteiger partial charge in [0.15, 0.2) is 0 Å². The lowest BCUT2D eigenvalue weighted by Gasteiger charge is -2.16. The first kappa shape index (κ1) is 13.4. The minimum absolute atomic E-state index is 0.000892. The van der Waals surface area contributed by atoms with E-state index in [0.29, 0.717) is 13.0 Å². The summed E-state index contributed by atoms with van der Waals surface area (Å²) in [6.07, 6.45) is 1.20. The average molecular weight is 203 g/mol. The number of carbonyl (C=O) groups excluding carboxylic acids is 1. The van der Waals surface area contributed by atoms with Crippen molar-refractivity contribution in [1.29, 1.82) is 0 Å². The predicted octanol–water partition coefficient (Wildman–Crippen LogP) is 0.546. The van der Waals surface area contributed by atoms with Crippen LogP contribution >= 0.6 is 0 Å². The first-order valence-corrected chi connectivity index (χ1v) is 5.03. The molecule has 2 N–H and O–H groups in total. The Balaban J connectivity index is 3.73. The van der Waals surface area contributed by atoms with Gasteiger partial charge in [-0.1, -0.05) is 13.8 Å². The van der Waals surface area contributed by atoms with E-state index < -0.39 is 0 Å². The van der Waals surface area contributed by atoms with Crippen molar-refractivity contribution in [2.24, 2.45) is 5.92 Å². The number of rotatable bonds is 7. The number of ether oxygens (including phenoxy) is 1.